The SMILES string of the molecule is CC(C)(C)C(=O)NN=C(CNC(=O)c1ccccc1Cl)c1ccccc1. The van der Waals surface area contributed by atoms with Gasteiger partial charge in [-0.3, -0.25) is 9.59 Å². The lowest BCUT2D eigenvalue weighted by Gasteiger charge is -2.16. The summed E-state index contributed by atoms with van der Waals surface area (Å²) in [6, 6.07) is 16.2. The lowest BCUT2D eigenvalue weighted by atomic mass is 9.96. The van der Waals surface area contributed by atoms with Crippen LogP contribution >= 0.6 is 11.6 Å². The molecule has 2 rings (SSSR count). The van der Waals surface area contributed by atoms with Gasteiger partial charge >= 0.3 is 0 Å². The Balaban J connectivity index is 2.16. The van der Waals surface area contributed by atoms with Crippen LogP contribution in [0.25, 0.3) is 0 Å². The van der Waals surface area contributed by atoms with Crippen molar-refractivity contribution in [3.63, 3.8) is 0 Å². The highest BCUT2D eigenvalue weighted by Gasteiger charge is 2.21. The zero-order valence-corrected chi connectivity index (χ0v) is 15.8. The van der Waals surface area contributed by atoms with Crippen molar-refractivity contribution in [3.05, 3.63) is 70.7 Å². The Kier molecular flexibility index (Phi) is 6.52. The van der Waals surface area contributed by atoms with Crippen molar-refractivity contribution in [2.24, 2.45) is 10.5 Å². The Labute approximate surface area is 158 Å². The third-order valence-electron chi connectivity index (χ3n) is 3.62. The molecule has 0 atom stereocenters. The summed E-state index contributed by atoms with van der Waals surface area (Å²) in [7, 11) is 0. The van der Waals surface area contributed by atoms with E-state index >= 15 is 0 Å². The van der Waals surface area contributed by atoms with Gasteiger partial charge in [-0.2, -0.15) is 5.10 Å². The fraction of sp³-hybridized carbons (Fsp3) is 0.250. The molecule has 0 aromatic heterocycles. The molecule has 0 aliphatic heterocycles. The van der Waals surface area contributed by atoms with Crippen molar-refractivity contribution in [2.45, 2.75) is 20.8 Å². The lowest BCUT2D eigenvalue weighted by Crippen LogP contribution is -2.35. The summed E-state index contributed by atoms with van der Waals surface area (Å²) in [5.41, 5.74) is 3.75. The fourth-order valence-electron chi connectivity index (χ4n) is 2.03. The topological polar surface area (TPSA) is 70.6 Å². The molecule has 2 aromatic rings. The summed E-state index contributed by atoms with van der Waals surface area (Å²) in [5, 5.41) is 7.39. The maximum absolute atomic E-state index is 12.4. The summed E-state index contributed by atoms with van der Waals surface area (Å²) in [4.78, 5) is 24.4. The second kappa shape index (κ2) is 8.63. The molecule has 0 aliphatic carbocycles. The highest BCUT2D eigenvalue weighted by molar-refractivity contribution is 6.33. The van der Waals surface area contributed by atoms with Crippen molar-refractivity contribution in [3.8, 4) is 0 Å². The molecular formula is C20H22ClN3O2. The average Bonchev–Trinajstić information content (AvgIpc) is 2.61. The molecule has 0 bridgehead atoms. The van der Waals surface area contributed by atoms with Crippen LogP contribution in [0.2, 0.25) is 5.02 Å². The molecule has 2 aromatic carbocycles. The van der Waals surface area contributed by atoms with Crippen molar-refractivity contribution in [2.75, 3.05) is 6.54 Å². The predicted molar refractivity (Wildman–Crippen MR) is 104 cm³/mol. The van der Waals surface area contributed by atoms with Gasteiger partial charge < -0.3 is 5.32 Å². The summed E-state index contributed by atoms with van der Waals surface area (Å²) in [6.45, 7) is 5.57. The van der Waals surface area contributed by atoms with Crippen LogP contribution in [0, 0.1) is 5.41 Å². The van der Waals surface area contributed by atoms with Crippen molar-refractivity contribution in [1.82, 2.24) is 10.7 Å². The Morgan fingerprint density at radius 2 is 1.62 bits per heavy atom. The first-order valence-corrected chi connectivity index (χ1v) is 8.62. The zero-order valence-electron chi connectivity index (χ0n) is 15.0. The summed E-state index contributed by atoms with van der Waals surface area (Å²) < 4.78 is 0. The number of halogens is 1. The third kappa shape index (κ3) is 5.43. The number of rotatable bonds is 5. The van der Waals surface area contributed by atoms with Gasteiger partial charge in [0.05, 0.1) is 22.8 Å². The normalized spacial score (nSPS) is 11.8. The molecule has 6 heteroatoms. The maximum atomic E-state index is 12.4. The molecule has 0 saturated carbocycles. The van der Waals surface area contributed by atoms with Crippen molar-refractivity contribution < 1.29 is 9.59 Å². The second-order valence-electron chi connectivity index (χ2n) is 6.78. The van der Waals surface area contributed by atoms with E-state index in [1.54, 1.807) is 45.0 Å². The number of hydrogen-bond acceptors (Lipinski definition) is 3. The first kappa shape index (κ1) is 19.7. The quantitative estimate of drug-likeness (QED) is 0.622. The maximum Gasteiger partial charge on any atom is 0.253 e. The monoisotopic (exact) mass is 371 g/mol. The Morgan fingerprint density at radius 3 is 2.23 bits per heavy atom. The predicted octanol–water partition coefficient (Wildman–Crippen LogP) is 3.64. The first-order valence-electron chi connectivity index (χ1n) is 8.24. The van der Waals surface area contributed by atoms with E-state index in [9.17, 15) is 9.59 Å². The van der Waals surface area contributed by atoms with E-state index in [4.69, 9.17) is 11.6 Å². The summed E-state index contributed by atoms with van der Waals surface area (Å²) in [6.07, 6.45) is 0. The van der Waals surface area contributed by atoms with E-state index in [0.29, 0.717) is 16.3 Å². The van der Waals surface area contributed by atoms with E-state index in [1.165, 1.54) is 0 Å². The molecule has 2 N–H and O–H groups in total. The van der Waals surface area contributed by atoms with E-state index in [-0.39, 0.29) is 18.4 Å². The first-order chi connectivity index (χ1) is 12.3. The van der Waals surface area contributed by atoms with Gasteiger partial charge in [0, 0.05) is 5.41 Å². The van der Waals surface area contributed by atoms with E-state index in [2.05, 4.69) is 15.8 Å². The van der Waals surface area contributed by atoms with Crippen molar-refractivity contribution >= 4 is 29.1 Å². The van der Waals surface area contributed by atoms with Gasteiger partial charge in [-0.1, -0.05) is 74.8 Å². The molecule has 0 heterocycles. The number of hydrazone groups is 1. The van der Waals surface area contributed by atoms with Crippen LogP contribution in [-0.4, -0.2) is 24.1 Å². The Morgan fingerprint density at radius 1 is 1.00 bits per heavy atom. The van der Waals surface area contributed by atoms with Crippen LogP contribution in [0.3, 0.4) is 0 Å². The largest absolute Gasteiger partial charge is 0.346 e. The van der Waals surface area contributed by atoms with Gasteiger partial charge in [0.2, 0.25) is 5.91 Å². The van der Waals surface area contributed by atoms with Gasteiger partial charge in [0.15, 0.2) is 0 Å². The Hall–Kier alpha value is -2.66. The highest BCUT2D eigenvalue weighted by Crippen LogP contribution is 2.15. The number of nitrogens with zero attached hydrogens (tertiary/aromatic N) is 1. The molecule has 0 saturated heterocycles. The number of carbonyl (C=O) groups excluding carboxylic acids is 2. The molecule has 0 fully saturated rings. The standard InChI is InChI=1S/C20H22ClN3O2/c1-20(2,3)19(26)24-23-17(14-9-5-4-6-10-14)13-22-18(25)15-11-7-8-12-16(15)21/h4-12H,13H2,1-3H3,(H,22,25)(H,24,26). The molecular weight excluding hydrogens is 350 g/mol. The Bertz CT molecular complexity index is 811. The molecule has 26 heavy (non-hydrogen) atoms. The molecule has 0 spiro atoms. The van der Waals surface area contributed by atoms with Crippen LogP contribution in [0.5, 0.6) is 0 Å². The minimum Gasteiger partial charge on any atom is -0.346 e. The summed E-state index contributed by atoms with van der Waals surface area (Å²) in [5.74, 6) is -0.509. The number of benzene rings is 2. The van der Waals surface area contributed by atoms with Crippen molar-refractivity contribution in [1.29, 1.82) is 0 Å². The molecule has 0 aliphatic rings. The molecule has 5 nitrogen and oxygen atoms in total. The van der Waals surface area contributed by atoms with Gasteiger partial charge in [-0.25, -0.2) is 5.43 Å². The van der Waals surface area contributed by atoms with Gasteiger partial charge in [-0.05, 0) is 17.7 Å². The van der Waals surface area contributed by atoms with Gasteiger partial charge in [0.1, 0.15) is 0 Å². The number of nitrogens with one attached hydrogen (secondary N) is 2. The number of hydrogen-bond donors (Lipinski definition) is 2. The molecule has 136 valence electrons. The van der Waals surface area contributed by atoms with Gasteiger partial charge in [-0.15, -0.1) is 0 Å². The van der Waals surface area contributed by atoms with E-state index < -0.39 is 5.41 Å². The third-order valence-corrected chi connectivity index (χ3v) is 3.95. The lowest BCUT2D eigenvalue weighted by molar-refractivity contribution is -0.128. The average molecular weight is 372 g/mol. The van der Waals surface area contributed by atoms with Crippen LogP contribution < -0.4 is 10.7 Å². The minimum absolute atomic E-state index is 0.151. The van der Waals surface area contributed by atoms with E-state index in [0.717, 1.165) is 5.56 Å². The van der Waals surface area contributed by atoms with Crippen LogP contribution in [-0.2, 0) is 4.79 Å². The van der Waals surface area contributed by atoms with Crippen LogP contribution in [0.1, 0.15) is 36.7 Å². The highest BCUT2D eigenvalue weighted by atomic mass is 35.5. The van der Waals surface area contributed by atoms with Gasteiger partial charge in [0.25, 0.3) is 5.91 Å². The van der Waals surface area contributed by atoms with Crippen LogP contribution in [0.4, 0.5) is 0 Å². The zero-order chi connectivity index (χ0) is 19.2. The smallest absolute Gasteiger partial charge is 0.253 e. The molecule has 2 amide bonds. The number of amides is 2. The fourth-order valence-corrected chi connectivity index (χ4v) is 2.25. The number of carbonyl (C=O) groups is 2. The summed E-state index contributed by atoms with van der Waals surface area (Å²) >= 11 is 6.06. The van der Waals surface area contributed by atoms with Crippen LogP contribution in [0.15, 0.2) is 59.7 Å². The molecule has 0 unspecified atom stereocenters. The second-order valence-corrected chi connectivity index (χ2v) is 7.19. The molecule has 0 radical (unpaired) electrons. The minimum atomic E-state index is -0.563. The van der Waals surface area contributed by atoms with E-state index in [1.807, 2.05) is 30.3 Å².